The van der Waals surface area contributed by atoms with Crippen molar-refractivity contribution in [1.29, 1.82) is 0 Å². The average Bonchev–Trinajstić information content (AvgIpc) is 3.16. The molecule has 134 valence electrons. The SMILES string of the molecule is O=C(COc1cccc2nsnc12)N1CCN(c2ccccc2F)CC1. The second kappa shape index (κ2) is 7.25. The molecule has 0 N–H and O–H groups in total. The summed E-state index contributed by atoms with van der Waals surface area (Å²) in [7, 11) is 0. The van der Waals surface area contributed by atoms with Gasteiger partial charge in [-0.05, 0) is 24.3 Å². The molecule has 2 aromatic carbocycles. The van der Waals surface area contributed by atoms with Gasteiger partial charge in [-0.1, -0.05) is 18.2 Å². The molecule has 0 aliphatic carbocycles. The molecule has 1 amide bonds. The number of aromatic nitrogens is 2. The van der Waals surface area contributed by atoms with Crippen molar-refractivity contribution in [2.45, 2.75) is 0 Å². The lowest BCUT2D eigenvalue weighted by Crippen LogP contribution is -2.50. The van der Waals surface area contributed by atoms with Gasteiger partial charge in [-0.25, -0.2) is 4.39 Å². The Bertz CT molecular complexity index is 924. The fourth-order valence-electron chi connectivity index (χ4n) is 3.03. The van der Waals surface area contributed by atoms with E-state index in [2.05, 4.69) is 8.75 Å². The third-order valence-corrected chi connectivity index (χ3v) is 4.97. The van der Waals surface area contributed by atoms with Crippen molar-refractivity contribution >= 4 is 34.4 Å². The monoisotopic (exact) mass is 372 g/mol. The molecule has 0 atom stereocenters. The minimum Gasteiger partial charge on any atom is -0.481 e. The van der Waals surface area contributed by atoms with E-state index < -0.39 is 0 Å². The molecule has 0 bridgehead atoms. The lowest BCUT2D eigenvalue weighted by Gasteiger charge is -2.36. The topological polar surface area (TPSA) is 58.6 Å². The molecule has 6 nitrogen and oxygen atoms in total. The number of nitrogens with zero attached hydrogens (tertiary/aromatic N) is 4. The van der Waals surface area contributed by atoms with Gasteiger partial charge in [0, 0.05) is 26.2 Å². The minimum absolute atomic E-state index is 0.0453. The van der Waals surface area contributed by atoms with Gasteiger partial charge < -0.3 is 14.5 Å². The van der Waals surface area contributed by atoms with Crippen molar-refractivity contribution in [2.24, 2.45) is 0 Å². The molecular formula is C18H17FN4O2S. The van der Waals surface area contributed by atoms with Gasteiger partial charge >= 0.3 is 0 Å². The fraction of sp³-hybridized carbons (Fsp3) is 0.278. The van der Waals surface area contributed by atoms with Crippen LogP contribution in [0.15, 0.2) is 42.5 Å². The highest BCUT2D eigenvalue weighted by Gasteiger charge is 2.23. The van der Waals surface area contributed by atoms with Crippen LogP contribution in [0.5, 0.6) is 5.75 Å². The molecule has 0 spiro atoms. The van der Waals surface area contributed by atoms with Crippen molar-refractivity contribution < 1.29 is 13.9 Å². The normalized spacial score (nSPS) is 14.7. The number of halogens is 1. The smallest absolute Gasteiger partial charge is 0.260 e. The maximum absolute atomic E-state index is 13.9. The van der Waals surface area contributed by atoms with E-state index in [4.69, 9.17) is 4.74 Å². The van der Waals surface area contributed by atoms with E-state index in [1.807, 2.05) is 23.1 Å². The van der Waals surface area contributed by atoms with Gasteiger partial charge in [0.1, 0.15) is 22.6 Å². The summed E-state index contributed by atoms with van der Waals surface area (Å²) in [5.41, 5.74) is 2.02. The van der Waals surface area contributed by atoms with Crippen molar-refractivity contribution in [1.82, 2.24) is 13.6 Å². The first-order valence-electron chi connectivity index (χ1n) is 8.34. The van der Waals surface area contributed by atoms with E-state index in [-0.39, 0.29) is 18.3 Å². The summed E-state index contributed by atoms with van der Waals surface area (Å²) in [6.07, 6.45) is 0. The number of rotatable bonds is 4. The lowest BCUT2D eigenvalue weighted by atomic mass is 10.2. The van der Waals surface area contributed by atoms with E-state index in [9.17, 15) is 9.18 Å². The third kappa shape index (κ3) is 3.32. The first-order chi connectivity index (χ1) is 12.7. The lowest BCUT2D eigenvalue weighted by molar-refractivity contribution is -0.133. The Morgan fingerprint density at radius 2 is 1.88 bits per heavy atom. The number of anilines is 1. The van der Waals surface area contributed by atoms with Gasteiger partial charge in [0.2, 0.25) is 0 Å². The Labute approximate surface area is 154 Å². The molecule has 1 aliphatic rings. The van der Waals surface area contributed by atoms with Crippen molar-refractivity contribution in [3.63, 3.8) is 0 Å². The predicted molar refractivity (Wildman–Crippen MR) is 98.1 cm³/mol. The van der Waals surface area contributed by atoms with Crippen LogP contribution in [0.3, 0.4) is 0 Å². The van der Waals surface area contributed by atoms with Gasteiger partial charge in [-0.15, -0.1) is 0 Å². The van der Waals surface area contributed by atoms with Crippen LogP contribution < -0.4 is 9.64 Å². The third-order valence-electron chi connectivity index (χ3n) is 4.43. The number of benzene rings is 2. The molecule has 8 heteroatoms. The summed E-state index contributed by atoms with van der Waals surface area (Å²) in [6, 6.07) is 12.2. The van der Waals surface area contributed by atoms with Crippen LogP contribution in [0.1, 0.15) is 0 Å². The zero-order valence-corrected chi connectivity index (χ0v) is 14.8. The predicted octanol–water partition coefficient (Wildman–Crippen LogP) is 2.56. The van der Waals surface area contributed by atoms with Crippen molar-refractivity contribution in [3.05, 3.63) is 48.3 Å². The van der Waals surface area contributed by atoms with Gasteiger partial charge in [0.05, 0.1) is 17.4 Å². The molecule has 0 saturated carbocycles. The second-order valence-corrected chi connectivity index (χ2v) is 6.52. The summed E-state index contributed by atoms with van der Waals surface area (Å²) >= 11 is 1.12. The zero-order valence-electron chi connectivity index (χ0n) is 14.0. The first-order valence-corrected chi connectivity index (χ1v) is 9.07. The molecule has 0 unspecified atom stereocenters. The van der Waals surface area contributed by atoms with Crippen molar-refractivity contribution in [3.8, 4) is 5.75 Å². The standard InChI is InChI=1S/C18H17FN4O2S/c19-13-4-1-2-6-15(13)22-8-10-23(11-9-22)17(24)12-25-16-7-3-5-14-18(16)21-26-20-14/h1-7H,8-12H2. The fourth-order valence-corrected chi connectivity index (χ4v) is 3.57. The Morgan fingerprint density at radius 3 is 2.69 bits per heavy atom. The van der Waals surface area contributed by atoms with Gasteiger partial charge in [0.25, 0.3) is 5.91 Å². The van der Waals surface area contributed by atoms with Gasteiger partial charge in [-0.2, -0.15) is 8.75 Å². The Morgan fingerprint density at radius 1 is 1.08 bits per heavy atom. The maximum Gasteiger partial charge on any atom is 0.260 e. The van der Waals surface area contributed by atoms with Crippen LogP contribution in [0.4, 0.5) is 10.1 Å². The van der Waals surface area contributed by atoms with E-state index in [1.165, 1.54) is 6.07 Å². The molecule has 1 saturated heterocycles. The number of para-hydroxylation sites is 1. The van der Waals surface area contributed by atoms with E-state index in [0.717, 1.165) is 17.2 Å². The van der Waals surface area contributed by atoms with Crippen LogP contribution >= 0.6 is 11.7 Å². The number of carbonyl (C=O) groups is 1. The summed E-state index contributed by atoms with van der Waals surface area (Å²) in [5, 5.41) is 0. The number of hydrogen-bond acceptors (Lipinski definition) is 6. The quantitative estimate of drug-likeness (QED) is 0.705. The average molecular weight is 372 g/mol. The van der Waals surface area contributed by atoms with Crippen molar-refractivity contribution in [2.75, 3.05) is 37.7 Å². The number of piperazine rings is 1. The number of amides is 1. The van der Waals surface area contributed by atoms with E-state index >= 15 is 0 Å². The molecule has 3 aromatic rings. The Hall–Kier alpha value is -2.74. The second-order valence-electron chi connectivity index (χ2n) is 6.00. The van der Waals surface area contributed by atoms with Crippen LogP contribution in [-0.4, -0.2) is 52.3 Å². The van der Waals surface area contributed by atoms with Crippen LogP contribution in [0.25, 0.3) is 11.0 Å². The molecule has 2 heterocycles. The van der Waals surface area contributed by atoms with Crippen LogP contribution in [0, 0.1) is 5.82 Å². The minimum atomic E-state index is -0.236. The summed E-state index contributed by atoms with van der Waals surface area (Å²) in [6.45, 7) is 2.23. The number of carbonyl (C=O) groups excluding carboxylic acids is 1. The number of ether oxygens (including phenoxy) is 1. The molecular weight excluding hydrogens is 355 g/mol. The Balaban J connectivity index is 1.34. The van der Waals surface area contributed by atoms with Gasteiger partial charge in [0.15, 0.2) is 6.61 Å². The molecule has 26 heavy (non-hydrogen) atoms. The van der Waals surface area contributed by atoms with E-state index in [1.54, 1.807) is 23.1 Å². The maximum atomic E-state index is 13.9. The summed E-state index contributed by atoms with van der Waals surface area (Å²) in [4.78, 5) is 16.1. The highest BCUT2D eigenvalue weighted by Crippen LogP contribution is 2.24. The Kier molecular flexibility index (Phi) is 4.66. The summed E-state index contributed by atoms with van der Waals surface area (Å²) in [5.74, 6) is 0.244. The highest BCUT2D eigenvalue weighted by molar-refractivity contribution is 7.00. The van der Waals surface area contributed by atoms with Gasteiger partial charge in [-0.3, -0.25) is 4.79 Å². The van der Waals surface area contributed by atoms with Crippen LogP contribution in [-0.2, 0) is 4.79 Å². The van der Waals surface area contributed by atoms with E-state index in [0.29, 0.717) is 43.1 Å². The zero-order chi connectivity index (χ0) is 17.9. The largest absolute Gasteiger partial charge is 0.481 e. The highest BCUT2D eigenvalue weighted by atomic mass is 32.1. The molecule has 4 rings (SSSR count). The molecule has 1 aromatic heterocycles. The molecule has 1 aliphatic heterocycles. The summed E-state index contributed by atoms with van der Waals surface area (Å²) < 4.78 is 27.9. The first kappa shape index (κ1) is 16.7. The molecule has 0 radical (unpaired) electrons. The molecule has 1 fully saturated rings. The number of fused-ring (bicyclic) bond motifs is 1. The number of hydrogen-bond donors (Lipinski definition) is 0. The van der Waals surface area contributed by atoms with Crippen LogP contribution in [0.2, 0.25) is 0 Å².